The second-order valence-electron chi connectivity index (χ2n) is 6.81. The van der Waals surface area contributed by atoms with Gasteiger partial charge in [-0.3, -0.25) is 24.6 Å². The highest BCUT2D eigenvalue weighted by Gasteiger charge is 2.15. The minimum atomic E-state index is 0.162. The first kappa shape index (κ1) is 18.5. The average Bonchev–Trinajstić information content (AvgIpc) is 2.74. The summed E-state index contributed by atoms with van der Waals surface area (Å²) in [7, 11) is 1.62. The molecule has 0 spiro atoms. The molecular formula is C21H22N4O3. The SMILES string of the molecule is COc1cncc(-c2cnc3cnc(CC(=O)CN4CCOCC4)cc3c2)c1. The van der Waals surface area contributed by atoms with Gasteiger partial charge in [0.15, 0.2) is 5.78 Å². The van der Waals surface area contributed by atoms with E-state index in [1.807, 2.05) is 18.2 Å². The second-order valence-corrected chi connectivity index (χ2v) is 6.81. The van der Waals surface area contributed by atoms with Gasteiger partial charge in [0.2, 0.25) is 0 Å². The maximum atomic E-state index is 12.4. The number of hydrogen-bond donors (Lipinski definition) is 0. The largest absolute Gasteiger partial charge is 0.495 e. The quantitative estimate of drug-likeness (QED) is 0.650. The molecule has 0 N–H and O–H groups in total. The summed E-state index contributed by atoms with van der Waals surface area (Å²) in [6, 6.07) is 5.90. The Morgan fingerprint density at radius 1 is 1.07 bits per heavy atom. The van der Waals surface area contributed by atoms with E-state index in [9.17, 15) is 4.79 Å². The van der Waals surface area contributed by atoms with Crippen LogP contribution in [0.15, 0.2) is 43.0 Å². The minimum absolute atomic E-state index is 0.162. The van der Waals surface area contributed by atoms with Gasteiger partial charge in [-0.2, -0.15) is 0 Å². The molecule has 0 bridgehead atoms. The Hall–Kier alpha value is -2.90. The Morgan fingerprint density at radius 2 is 1.89 bits per heavy atom. The van der Waals surface area contributed by atoms with Crippen molar-refractivity contribution in [2.45, 2.75) is 6.42 Å². The summed E-state index contributed by atoms with van der Waals surface area (Å²) < 4.78 is 10.6. The summed E-state index contributed by atoms with van der Waals surface area (Å²) >= 11 is 0. The fourth-order valence-corrected chi connectivity index (χ4v) is 3.29. The molecule has 1 aliphatic rings. The number of fused-ring (bicyclic) bond motifs is 1. The lowest BCUT2D eigenvalue weighted by molar-refractivity contribution is -0.120. The number of carbonyl (C=O) groups is 1. The van der Waals surface area contributed by atoms with Gasteiger partial charge >= 0.3 is 0 Å². The van der Waals surface area contributed by atoms with Crippen LogP contribution < -0.4 is 4.74 Å². The Kier molecular flexibility index (Phi) is 5.55. The number of methoxy groups -OCH3 is 1. The van der Waals surface area contributed by atoms with Crippen LogP contribution in [0.25, 0.3) is 22.0 Å². The molecule has 0 amide bonds. The van der Waals surface area contributed by atoms with E-state index in [4.69, 9.17) is 9.47 Å². The van der Waals surface area contributed by atoms with Gasteiger partial charge < -0.3 is 9.47 Å². The molecule has 0 saturated carbocycles. The number of aromatic nitrogens is 3. The lowest BCUT2D eigenvalue weighted by atomic mass is 10.1. The van der Waals surface area contributed by atoms with Crippen molar-refractivity contribution in [3.8, 4) is 16.9 Å². The van der Waals surface area contributed by atoms with E-state index in [-0.39, 0.29) is 5.78 Å². The van der Waals surface area contributed by atoms with Gasteiger partial charge in [-0.15, -0.1) is 0 Å². The van der Waals surface area contributed by atoms with E-state index in [2.05, 4.69) is 19.9 Å². The molecule has 144 valence electrons. The topological polar surface area (TPSA) is 77.4 Å². The number of pyridine rings is 3. The molecule has 3 aromatic rings. The van der Waals surface area contributed by atoms with Gasteiger partial charge in [-0.05, 0) is 18.2 Å². The molecular weight excluding hydrogens is 356 g/mol. The van der Waals surface area contributed by atoms with Gasteiger partial charge in [-0.25, -0.2) is 0 Å². The summed E-state index contributed by atoms with van der Waals surface area (Å²) in [5.74, 6) is 0.858. The van der Waals surface area contributed by atoms with Crippen LogP contribution in [-0.2, 0) is 16.0 Å². The molecule has 7 nitrogen and oxygen atoms in total. The highest BCUT2D eigenvalue weighted by Crippen LogP contribution is 2.25. The van der Waals surface area contributed by atoms with Gasteiger partial charge in [0.05, 0.1) is 51.2 Å². The van der Waals surface area contributed by atoms with Crippen molar-refractivity contribution in [3.63, 3.8) is 0 Å². The van der Waals surface area contributed by atoms with Crippen LogP contribution in [-0.4, -0.2) is 65.6 Å². The molecule has 1 aliphatic heterocycles. The predicted octanol–water partition coefficient (Wildman–Crippen LogP) is 2.14. The van der Waals surface area contributed by atoms with Crippen LogP contribution in [0.5, 0.6) is 5.75 Å². The van der Waals surface area contributed by atoms with Crippen molar-refractivity contribution in [1.29, 1.82) is 0 Å². The molecule has 7 heteroatoms. The van der Waals surface area contributed by atoms with Crippen molar-refractivity contribution in [3.05, 3.63) is 48.7 Å². The summed E-state index contributed by atoms with van der Waals surface area (Å²) in [4.78, 5) is 27.6. The molecule has 0 radical (unpaired) electrons. The van der Waals surface area contributed by atoms with Crippen LogP contribution in [0, 0.1) is 0 Å². The number of ether oxygens (including phenoxy) is 2. The van der Waals surface area contributed by atoms with Crippen LogP contribution in [0.1, 0.15) is 5.69 Å². The number of hydrogen-bond acceptors (Lipinski definition) is 7. The summed E-state index contributed by atoms with van der Waals surface area (Å²) in [5, 5.41) is 0.949. The van der Waals surface area contributed by atoms with Crippen molar-refractivity contribution in [2.75, 3.05) is 40.0 Å². The number of ketones is 1. The molecule has 1 saturated heterocycles. The summed E-state index contributed by atoms with van der Waals surface area (Å²) in [5.41, 5.74) is 3.42. The van der Waals surface area contributed by atoms with Gasteiger partial charge in [0.1, 0.15) is 5.75 Å². The Morgan fingerprint density at radius 3 is 2.71 bits per heavy atom. The first-order chi connectivity index (χ1) is 13.7. The summed E-state index contributed by atoms with van der Waals surface area (Å²) in [6.07, 6.45) is 7.28. The normalized spacial score (nSPS) is 14.9. The highest BCUT2D eigenvalue weighted by molar-refractivity contribution is 5.86. The van der Waals surface area contributed by atoms with E-state index in [1.165, 1.54) is 0 Å². The molecule has 0 aromatic carbocycles. The molecule has 4 heterocycles. The third kappa shape index (κ3) is 4.32. The smallest absolute Gasteiger partial charge is 0.152 e. The molecule has 3 aromatic heterocycles. The van der Waals surface area contributed by atoms with E-state index in [0.29, 0.717) is 31.9 Å². The maximum Gasteiger partial charge on any atom is 0.152 e. The van der Waals surface area contributed by atoms with Crippen LogP contribution >= 0.6 is 0 Å². The minimum Gasteiger partial charge on any atom is -0.495 e. The van der Waals surface area contributed by atoms with E-state index in [0.717, 1.165) is 40.8 Å². The maximum absolute atomic E-state index is 12.4. The monoisotopic (exact) mass is 378 g/mol. The van der Waals surface area contributed by atoms with Crippen molar-refractivity contribution in [2.24, 2.45) is 0 Å². The number of Topliss-reactive ketones (excluding diaryl/α,β-unsaturated/α-hetero) is 1. The van der Waals surface area contributed by atoms with Crippen molar-refractivity contribution < 1.29 is 14.3 Å². The lowest BCUT2D eigenvalue weighted by Gasteiger charge is -2.25. The average molecular weight is 378 g/mol. The third-order valence-electron chi connectivity index (χ3n) is 4.79. The van der Waals surface area contributed by atoms with Gasteiger partial charge in [0.25, 0.3) is 0 Å². The molecule has 4 rings (SSSR count). The fourth-order valence-electron chi connectivity index (χ4n) is 3.29. The molecule has 0 aliphatic carbocycles. The van der Waals surface area contributed by atoms with E-state index >= 15 is 0 Å². The molecule has 28 heavy (non-hydrogen) atoms. The standard InChI is InChI=1S/C21H22N4O3/c1-27-20-8-17(10-22-12-20)16-6-15-7-18(23-13-21(15)24-11-16)9-19(26)14-25-2-4-28-5-3-25/h6-8,10-13H,2-5,9,14H2,1H3. The zero-order valence-electron chi connectivity index (χ0n) is 15.8. The number of carbonyl (C=O) groups excluding carboxylic acids is 1. The van der Waals surface area contributed by atoms with Crippen molar-refractivity contribution >= 4 is 16.7 Å². The summed E-state index contributed by atoms with van der Waals surface area (Å²) in [6.45, 7) is 3.43. The first-order valence-electron chi connectivity index (χ1n) is 9.27. The van der Waals surface area contributed by atoms with Crippen LogP contribution in [0.2, 0.25) is 0 Å². The molecule has 1 fully saturated rings. The van der Waals surface area contributed by atoms with Crippen LogP contribution in [0.3, 0.4) is 0 Å². The zero-order valence-corrected chi connectivity index (χ0v) is 15.8. The van der Waals surface area contributed by atoms with E-state index in [1.54, 1.807) is 31.9 Å². The number of rotatable bonds is 6. The highest BCUT2D eigenvalue weighted by atomic mass is 16.5. The Balaban J connectivity index is 1.53. The van der Waals surface area contributed by atoms with Gasteiger partial charge in [-0.1, -0.05) is 0 Å². The first-order valence-corrected chi connectivity index (χ1v) is 9.27. The van der Waals surface area contributed by atoms with Gasteiger partial charge in [0, 0.05) is 47.7 Å². The lowest BCUT2D eigenvalue weighted by Crippen LogP contribution is -2.39. The zero-order chi connectivity index (χ0) is 19.3. The Labute approximate surface area is 163 Å². The Bertz CT molecular complexity index is 986. The second kappa shape index (κ2) is 8.41. The van der Waals surface area contributed by atoms with Crippen LogP contribution in [0.4, 0.5) is 0 Å². The number of morpholine rings is 1. The predicted molar refractivity (Wildman–Crippen MR) is 105 cm³/mol. The van der Waals surface area contributed by atoms with Crippen molar-refractivity contribution in [1.82, 2.24) is 19.9 Å². The van der Waals surface area contributed by atoms with E-state index < -0.39 is 0 Å². The third-order valence-corrected chi connectivity index (χ3v) is 4.79. The molecule has 0 unspecified atom stereocenters. The molecule has 0 atom stereocenters. The number of nitrogens with zero attached hydrogens (tertiary/aromatic N) is 4. The fraction of sp³-hybridized carbons (Fsp3) is 0.333.